The Kier molecular flexibility index (Phi) is 40.8. The van der Waals surface area contributed by atoms with Gasteiger partial charge in [-0.15, -0.1) is 23.1 Å². The first-order valence-corrected chi connectivity index (χ1v) is 47.8. The van der Waals surface area contributed by atoms with Gasteiger partial charge >= 0.3 is 29.6 Å². The fourth-order valence-electron chi connectivity index (χ4n) is 14.6. The summed E-state index contributed by atoms with van der Waals surface area (Å²) in [5, 5.41) is 61.0. The molecule has 1 amide bonds. The zero-order valence-electron chi connectivity index (χ0n) is 77.2. The van der Waals surface area contributed by atoms with Gasteiger partial charge in [-0.25, -0.2) is 28.6 Å². The summed E-state index contributed by atoms with van der Waals surface area (Å²) in [6, 6.07) is 60.5. The Morgan fingerprint density at radius 1 is 0.642 bits per heavy atom. The number of carboxylic acid groups (broad SMARTS) is 4. The molecule has 0 bridgehead atoms. The highest BCUT2D eigenvalue weighted by molar-refractivity contribution is 8.01. The van der Waals surface area contributed by atoms with Gasteiger partial charge in [-0.1, -0.05) is 141 Å². The summed E-state index contributed by atoms with van der Waals surface area (Å²) < 4.78 is 51.1. The van der Waals surface area contributed by atoms with Crippen LogP contribution in [0.1, 0.15) is 206 Å². The Bertz CT molecular complexity index is 6240. The van der Waals surface area contributed by atoms with E-state index in [2.05, 4.69) is 61.0 Å². The number of aromatic carboxylic acids is 3. The number of unbranched alkanes of at least 4 members (excludes halogenated alkanes) is 2. The number of nitrogens with one attached hydrogen (secondary N) is 1. The summed E-state index contributed by atoms with van der Waals surface area (Å²) in [5.41, 5.74) is 11.9. The van der Waals surface area contributed by atoms with Crippen molar-refractivity contribution in [3.8, 4) is 34.5 Å². The maximum absolute atomic E-state index is 13.4. The van der Waals surface area contributed by atoms with Crippen LogP contribution in [-0.2, 0) is 51.6 Å². The van der Waals surface area contributed by atoms with E-state index in [4.69, 9.17) is 60.3 Å². The first kappa shape index (κ1) is 105. The standard InChI is InChI=1S/C23H27NO4.C22H18ClNO4.C22H26O4.C21H22N2O4S3.C18H18FNO5/c1-16-14-21(17(2)24(16)13-12-18-6-4-3-5-7-18)22(25)15-28-20-10-8-19(9-11-20)23(26)27;23-18-10-6-16(7-11-18)21(15-4-2-1-3-5-15)24-20(25)14-28-19-12-8-17(9-13-19)22(26)27;1-5-25-20-14-16(9-13-21(23)24)8-12-19(20)26-15-17-6-10-18(11-7-17)22(2,3)4;1-27-9-4-8-23-18(24)16-15-7-3-10-28-20(15)30-17(16)22-21(23)29-12-13-5-2-6-14(11-13)19(25)26;19-14-6-8-15(9-7-14)25-11-3-1-2-4-17(21)13-5-10-16(20(23)24)18(22)12-13/h6,8-11,14H,3-5,7,12-13,15H2,1-2H3,(H,26,27);1-13,21H,14H2,(H,24,25)(H,26,27);6-14H,5,15H2,1-4H3,(H,23,24);2,5-6,11H,3-4,7-10,12H2,1H3,(H,25,26);5-10,12,22H,1-4,11H2/b;;13-9+;;. The van der Waals surface area contributed by atoms with E-state index in [0.29, 0.717) is 89.6 Å². The number of aromatic nitrogens is 3. The van der Waals surface area contributed by atoms with Crippen molar-refractivity contribution in [2.24, 2.45) is 0 Å². The number of hydrogen-bond acceptors (Lipinski definition) is 21. The van der Waals surface area contributed by atoms with Gasteiger partial charge in [-0.2, -0.15) is 0 Å². The van der Waals surface area contributed by atoms with E-state index in [-0.39, 0.29) is 82.2 Å². The van der Waals surface area contributed by atoms with Gasteiger partial charge in [0.15, 0.2) is 41.4 Å². The first-order valence-electron chi connectivity index (χ1n) is 44.6. The third kappa shape index (κ3) is 32.8. The second-order valence-corrected chi connectivity index (χ2v) is 36.7. The normalized spacial score (nSPS) is 12.2. The molecule has 3 aromatic heterocycles. The number of allylic oxidation sites excluding steroid dienone is 2. The zero-order chi connectivity index (χ0) is 98.5. The first-order chi connectivity index (χ1) is 65.8. The minimum absolute atomic E-state index is 0.0258. The quantitative estimate of drug-likeness (QED) is 0.00304. The summed E-state index contributed by atoms with van der Waals surface area (Å²) >= 11 is 10.9. The number of nitro groups is 1. The average molecular weight is 1940 g/mol. The largest absolute Gasteiger partial charge is 0.502 e. The minimum atomic E-state index is -1.02. The fourth-order valence-corrected chi connectivity index (χ4v) is 18.3. The molecule has 26 nitrogen and oxygen atoms in total. The molecule has 12 aromatic rings. The number of halogens is 2. The molecular formula is C106H111ClFN5O21S3. The van der Waals surface area contributed by atoms with Gasteiger partial charge < -0.3 is 63.8 Å². The number of nitrogens with zero attached hydrogens (tertiary/aromatic N) is 4. The highest BCUT2D eigenvalue weighted by atomic mass is 35.5. The van der Waals surface area contributed by atoms with Crippen LogP contribution in [0.15, 0.2) is 250 Å². The number of aliphatic carboxylic acids is 1. The molecule has 1 aliphatic heterocycles. The van der Waals surface area contributed by atoms with Crippen LogP contribution in [0.5, 0.6) is 34.5 Å². The number of ketones is 2. The minimum Gasteiger partial charge on any atom is -0.502 e. The summed E-state index contributed by atoms with van der Waals surface area (Å²) in [5.74, 6) is -0.935. The number of fused-ring (bicyclic) bond motifs is 3. The predicted octanol–water partition coefficient (Wildman–Crippen LogP) is 23.1. The Morgan fingerprint density at radius 3 is 1.93 bits per heavy atom. The van der Waals surface area contributed by atoms with Gasteiger partial charge in [-0.05, 0) is 275 Å². The Labute approximate surface area is 811 Å². The van der Waals surface area contributed by atoms with Crippen LogP contribution < -0.4 is 34.6 Å². The van der Waals surface area contributed by atoms with Gasteiger partial charge in [0, 0.05) is 78.7 Å². The number of benzene rings is 9. The molecule has 1 aliphatic carbocycles. The van der Waals surface area contributed by atoms with Gasteiger partial charge in [0.1, 0.15) is 34.5 Å². The van der Waals surface area contributed by atoms with Gasteiger partial charge in [0.25, 0.3) is 11.5 Å². The van der Waals surface area contributed by atoms with Crippen LogP contribution in [0.25, 0.3) is 16.3 Å². The van der Waals surface area contributed by atoms with E-state index < -0.39 is 40.2 Å². The molecule has 0 spiro atoms. The van der Waals surface area contributed by atoms with Crippen LogP contribution in [0.4, 0.5) is 10.1 Å². The molecule has 31 heteroatoms. The molecular weight excluding hydrogens is 1830 g/mol. The Hall–Kier alpha value is -13.7. The SMILES string of the molecule is CCOc1cc(/C=C/C(=O)O)ccc1OCc1ccc(C(C)(C)C)cc1.COCCCn1c(SCc2cccc(C(=O)O)c2)nc2sc3c(c2c1=O)CCCS3.Cc1cc(C(=O)COc2ccc(C(=O)O)cc2)c(C)n1CCC1=CCCCC1.O=C(CCCCCOc1ccc(F)cc1)c1ccc([N+](=O)[O-])c(O)c1.O=C(COc1ccc(C(=O)O)cc1)NC(c1ccccc1)c1ccc(Cl)cc1. The number of methoxy groups -OCH3 is 1. The number of thiophene rings is 1. The Morgan fingerprint density at radius 2 is 1.30 bits per heavy atom. The number of nitro benzene ring substituents is 1. The third-order valence-electron chi connectivity index (χ3n) is 21.9. The van der Waals surface area contributed by atoms with E-state index in [1.165, 1.54) is 113 Å². The molecule has 1 atom stereocenters. The van der Waals surface area contributed by atoms with Crippen LogP contribution in [0, 0.1) is 29.8 Å². The van der Waals surface area contributed by atoms with Crippen molar-refractivity contribution in [1.29, 1.82) is 0 Å². The van der Waals surface area contributed by atoms with Crippen molar-refractivity contribution in [3.63, 3.8) is 0 Å². The van der Waals surface area contributed by atoms with Crippen molar-refractivity contribution in [1.82, 2.24) is 19.4 Å². The highest BCUT2D eigenvalue weighted by Gasteiger charge is 2.26. The number of phenolic OH excluding ortho intramolecular Hbond substituents is 1. The second kappa shape index (κ2) is 53.0. The van der Waals surface area contributed by atoms with Gasteiger partial charge in [-0.3, -0.25) is 33.9 Å². The van der Waals surface area contributed by atoms with Crippen molar-refractivity contribution in [2.45, 2.75) is 165 Å². The summed E-state index contributed by atoms with van der Waals surface area (Å²) in [4.78, 5) is 110. The van der Waals surface area contributed by atoms with Crippen molar-refractivity contribution in [3.05, 3.63) is 346 Å². The molecule has 6 N–H and O–H groups in total. The van der Waals surface area contributed by atoms with Crippen molar-refractivity contribution in [2.75, 3.05) is 45.9 Å². The van der Waals surface area contributed by atoms with E-state index >= 15 is 0 Å². The van der Waals surface area contributed by atoms with E-state index in [0.717, 1.165) is 124 Å². The van der Waals surface area contributed by atoms with Crippen LogP contribution in [0.2, 0.25) is 5.02 Å². The molecule has 4 heterocycles. The predicted molar refractivity (Wildman–Crippen MR) is 531 cm³/mol. The van der Waals surface area contributed by atoms with E-state index in [1.54, 1.807) is 95.8 Å². The monoisotopic (exact) mass is 1940 g/mol. The zero-order valence-corrected chi connectivity index (χ0v) is 80.4. The van der Waals surface area contributed by atoms with Crippen LogP contribution >= 0.6 is 46.5 Å². The lowest BCUT2D eigenvalue weighted by Gasteiger charge is -2.20. The maximum Gasteiger partial charge on any atom is 0.335 e. The number of carbonyl (C=O) groups is 7. The molecule has 137 heavy (non-hydrogen) atoms. The molecule has 0 saturated carbocycles. The topological polar surface area (TPSA) is 371 Å². The van der Waals surface area contributed by atoms with Crippen molar-refractivity contribution < 1.29 is 96.8 Å². The lowest BCUT2D eigenvalue weighted by Crippen LogP contribution is -2.33. The molecule has 9 aromatic carbocycles. The number of Topliss-reactive ketones (excluding diaryl/α,β-unsaturated/α-hetero) is 2. The number of hydrogen-bond donors (Lipinski definition) is 6. The summed E-state index contributed by atoms with van der Waals surface area (Å²) in [7, 11) is 1.65. The maximum atomic E-state index is 13.4. The van der Waals surface area contributed by atoms with Crippen molar-refractivity contribution >= 4 is 110 Å². The highest BCUT2D eigenvalue weighted by Crippen LogP contribution is 2.42. The lowest BCUT2D eigenvalue weighted by atomic mass is 9.87. The molecule has 1 unspecified atom stereocenters. The molecule has 0 saturated heterocycles. The Balaban J connectivity index is 0.000000177. The number of thioether (sulfide) groups is 2. The fraction of sp³-hybridized carbons (Fsp3) is 0.292. The molecule has 0 radical (unpaired) electrons. The smallest absolute Gasteiger partial charge is 0.335 e. The molecule has 14 rings (SSSR count). The number of phenols is 1. The number of aryl methyl sites for hydroxylation is 2. The van der Waals surface area contributed by atoms with Crippen LogP contribution in [0.3, 0.4) is 0 Å². The number of ether oxygens (including phenoxy) is 6. The molecule has 2 aliphatic rings. The second-order valence-electron chi connectivity index (χ2n) is 33.0. The number of rotatable bonds is 39. The number of carboxylic acids is 4. The number of carbonyl (C=O) groups excluding carboxylic acids is 3. The molecule has 0 fully saturated rings. The van der Waals surface area contributed by atoms with E-state index in [1.807, 2.05) is 87.1 Å². The van der Waals surface area contributed by atoms with Gasteiger partial charge in [0.05, 0.1) is 50.5 Å². The van der Waals surface area contributed by atoms with Gasteiger partial charge in [0.2, 0.25) is 5.78 Å². The van der Waals surface area contributed by atoms with E-state index in [9.17, 15) is 63.1 Å². The van der Waals surface area contributed by atoms with Crippen LogP contribution in [-0.4, -0.2) is 132 Å². The summed E-state index contributed by atoms with van der Waals surface area (Å²) in [6.45, 7) is 15.6. The number of amides is 1. The average Bonchev–Trinajstić information content (AvgIpc) is 1.61. The summed E-state index contributed by atoms with van der Waals surface area (Å²) in [6.07, 6.45) is 16.2. The molecule has 718 valence electrons. The lowest BCUT2D eigenvalue weighted by molar-refractivity contribution is -0.385. The number of aromatic hydroxyl groups is 1. The third-order valence-corrected chi connectivity index (χ3v) is 25.8.